The molecule has 4 amide bonds. The van der Waals surface area contributed by atoms with Gasteiger partial charge in [-0.05, 0) is 120 Å². The molecule has 8 rings (SSSR count). The molecule has 0 saturated carbocycles. The van der Waals surface area contributed by atoms with Gasteiger partial charge < -0.3 is 31.9 Å². The van der Waals surface area contributed by atoms with E-state index in [1.807, 2.05) is 62.6 Å². The van der Waals surface area contributed by atoms with E-state index in [0.29, 0.717) is 60.8 Å². The third-order valence-electron chi connectivity index (χ3n) is 11.9. The molecule has 4 aromatic heterocycles. The van der Waals surface area contributed by atoms with Crippen molar-refractivity contribution in [1.82, 2.24) is 29.7 Å². The van der Waals surface area contributed by atoms with E-state index in [1.54, 1.807) is 34.3 Å². The predicted molar refractivity (Wildman–Crippen MR) is 243 cm³/mol. The molecular weight excluding hydrogens is 781 g/mol. The third kappa shape index (κ3) is 9.80. The van der Waals surface area contributed by atoms with Crippen LogP contribution in [0.2, 0.25) is 0 Å². The van der Waals surface area contributed by atoms with E-state index in [9.17, 15) is 19.2 Å². The summed E-state index contributed by atoms with van der Waals surface area (Å²) < 4.78 is 0. The highest BCUT2D eigenvalue weighted by Crippen LogP contribution is 2.36. The van der Waals surface area contributed by atoms with Crippen molar-refractivity contribution in [2.24, 2.45) is 11.8 Å². The number of hydrogen-bond acceptors (Lipinski definition) is 10. The maximum Gasteiger partial charge on any atom is 0.313 e. The number of piperidine rings is 2. The second kappa shape index (κ2) is 19.2. The first-order valence-electron chi connectivity index (χ1n) is 21.3. The topological polar surface area (TPSA) is 202 Å². The van der Waals surface area contributed by atoms with Crippen LogP contribution in [0.5, 0.6) is 0 Å². The van der Waals surface area contributed by atoms with Crippen LogP contribution in [0.4, 0.5) is 23.0 Å². The predicted octanol–water partition coefficient (Wildman–Crippen LogP) is 7.43. The molecule has 14 heteroatoms. The number of benzene rings is 2. The Morgan fingerprint density at radius 3 is 1.40 bits per heavy atom. The number of amides is 4. The molecule has 0 unspecified atom stereocenters. The summed E-state index contributed by atoms with van der Waals surface area (Å²) in [5.41, 5.74) is 16.4. The van der Waals surface area contributed by atoms with E-state index in [1.165, 1.54) is 12.4 Å². The molecule has 2 aromatic carbocycles. The maximum atomic E-state index is 13.2. The monoisotopic (exact) mass is 834 g/mol. The lowest BCUT2D eigenvalue weighted by atomic mass is 9.89. The SMILES string of the molecule is CCc1cc(NC(=O)C(=O)N2C[C@@H](C)CC[C@@H]2c2ccc3cnccc3c2)cnc1N.CCc1cc(NC(=O)C(=O)N2C[C@H](C)CC[C@H]2c2ccc3cnccc3c2)cnc1N. The number of pyridine rings is 4. The standard InChI is InChI=1S/2C24H27N5O2/c2*1-3-16-11-20(13-27-22(16)25)28-23(30)24(31)29-14-15(2)4-7-21(29)18-5-6-19-12-26-9-8-17(19)10-18/h2*5-6,8-13,15,21H,3-4,7,14H2,1-2H3,(H2,25,27)(H,28,30)/t2*15-,21+/m10/s1. The summed E-state index contributed by atoms with van der Waals surface area (Å²) in [6, 6.07) is 19.5. The smallest absolute Gasteiger partial charge is 0.313 e. The van der Waals surface area contributed by atoms with Gasteiger partial charge in [-0.15, -0.1) is 0 Å². The van der Waals surface area contributed by atoms with Crippen molar-refractivity contribution in [2.75, 3.05) is 35.2 Å². The minimum atomic E-state index is -0.655. The second-order valence-electron chi connectivity index (χ2n) is 16.4. The lowest BCUT2D eigenvalue weighted by molar-refractivity contribution is -0.146. The molecule has 6 aromatic rings. The first kappa shape index (κ1) is 43.1. The summed E-state index contributed by atoms with van der Waals surface area (Å²) in [6.07, 6.45) is 15.2. The average molecular weight is 835 g/mol. The summed E-state index contributed by atoms with van der Waals surface area (Å²) in [5, 5.41) is 9.65. The highest BCUT2D eigenvalue weighted by atomic mass is 16.2. The molecule has 62 heavy (non-hydrogen) atoms. The summed E-state index contributed by atoms with van der Waals surface area (Å²) in [6.45, 7) is 9.24. The van der Waals surface area contributed by atoms with Crippen LogP contribution in [0.15, 0.2) is 97.8 Å². The van der Waals surface area contributed by atoms with Crippen molar-refractivity contribution in [1.29, 1.82) is 0 Å². The Morgan fingerprint density at radius 2 is 1.00 bits per heavy atom. The number of anilines is 4. The number of nitrogens with zero attached hydrogens (tertiary/aromatic N) is 6. The van der Waals surface area contributed by atoms with Crippen molar-refractivity contribution < 1.29 is 19.2 Å². The third-order valence-corrected chi connectivity index (χ3v) is 11.9. The normalized spacial score (nSPS) is 18.7. The van der Waals surface area contributed by atoms with Gasteiger partial charge in [-0.1, -0.05) is 52.0 Å². The zero-order valence-electron chi connectivity index (χ0n) is 35.7. The molecule has 6 N–H and O–H groups in total. The largest absolute Gasteiger partial charge is 0.383 e. The first-order chi connectivity index (χ1) is 29.9. The molecule has 0 radical (unpaired) electrons. The van der Waals surface area contributed by atoms with Crippen molar-refractivity contribution in [3.05, 3.63) is 120 Å². The van der Waals surface area contributed by atoms with Crippen molar-refractivity contribution in [2.45, 2.75) is 78.3 Å². The number of aromatic nitrogens is 4. The highest BCUT2D eigenvalue weighted by molar-refractivity contribution is 6.40. The van der Waals surface area contributed by atoms with Gasteiger partial charge in [-0.2, -0.15) is 0 Å². The van der Waals surface area contributed by atoms with E-state index in [4.69, 9.17) is 11.5 Å². The molecule has 2 aliphatic rings. The van der Waals surface area contributed by atoms with Gasteiger partial charge >= 0.3 is 23.6 Å². The summed E-state index contributed by atoms with van der Waals surface area (Å²) in [4.78, 5) is 71.9. The molecule has 2 aliphatic heterocycles. The van der Waals surface area contributed by atoms with Crippen LogP contribution in [-0.4, -0.2) is 66.5 Å². The van der Waals surface area contributed by atoms with Crippen LogP contribution in [0.1, 0.15) is 87.7 Å². The number of likely N-dealkylation sites (tertiary alicyclic amines) is 2. The number of nitrogens with two attached hydrogens (primary N) is 2. The molecule has 0 spiro atoms. The van der Waals surface area contributed by atoms with Crippen molar-refractivity contribution in [3.8, 4) is 0 Å². The van der Waals surface area contributed by atoms with Crippen LogP contribution in [0.25, 0.3) is 21.5 Å². The van der Waals surface area contributed by atoms with Gasteiger partial charge in [0.15, 0.2) is 0 Å². The summed E-state index contributed by atoms with van der Waals surface area (Å²) in [7, 11) is 0. The lowest BCUT2D eigenvalue weighted by Gasteiger charge is -2.38. The number of fused-ring (bicyclic) bond motifs is 2. The Morgan fingerprint density at radius 1 is 0.581 bits per heavy atom. The Labute approximate surface area is 361 Å². The fraction of sp³-hybridized carbons (Fsp3) is 0.333. The molecule has 320 valence electrons. The minimum Gasteiger partial charge on any atom is -0.383 e. The molecule has 2 fully saturated rings. The molecule has 14 nitrogen and oxygen atoms in total. The van der Waals surface area contributed by atoms with E-state index in [-0.39, 0.29) is 12.1 Å². The number of nitrogens with one attached hydrogen (secondary N) is 2. The van der Waals surface area contributed by atoms with Crippen LogP contribution in [0, 0.1) is 11.8 Å². The van der Waals surface area contributed by atoms with Gasteiger partial charge in [0.1, 0.15) is 11.6 Å². The molecule has 6 heterocycles. The second-order valence-corrected chi connectivity index (χ2v) is 16.4. The van der Waals surface area contributed by atoms with Gasteiger partial charge in [0, 0.05) is 48.6 Å². The maximum absolute atomic E-state index is 13.2. The average Bonchev–Trinajstić information content (AvgIpc) is 3.29. The minimum absolute atomic E-state index is 0.136. The van der Waals surface area contributed by atoms with E-state index < -0.39 is 23.6 Å². The van der Waals surface area contributed by atoms with Gasteiger partial charge in [0.2, 0.25) is 0 Å². The molecule has 4 atom stereocenters. The highest BCUT2D eigenvalue weighted by Gasteiger charge is 2.36. The Hall–Kier alpha value is -6.96. The number of carbonyl (C=O) groups is 4. The number of aryl methyl sites for hydroxylation is 2. The molecular formula is C48H54N10O4. The summed E-state index contributed by atoms with van der Waals surface area (Å²) in [5.74, 6) is -0.825. The van der Waals surface area contributed by atoms with E-state index in [0.717, 1.165) is 69.5 Å². The molecule has 0 bridgehead atoms. The summed E-state index contributed by atoms with van der Waals surface area (Å²) >= 11 is 0. The van der Waals surface area contributed by atoms with Gasteiger partial charge in [0.05, 0.1) is 35.9 Å². The Bertz CT molecular complexity index is 2440. The van der Waals surface area contributed by atoms with E-state index in [2.05, 4.69) is 56.5 Å². The van der Waals surface area contributed by atoms with Crippen molar-refractivity contribution in [3.63, 3.8) is 0 Å². The van der Waals surface area contributed by atoms with Crippen LogP contribution >= 0.6 is 0 Å². The van der Waals surface area contributed by atoms with Crippen molar-refractivity contribution >= 4 is 68.2 Å². The van der Waals surface area contributed by atoms with Gasteiger partial charge in [-0.25, -0.2) is 9.97 Å². The number of carbonyl (C=O) groups excluding carboxylic acids is 4. The number of rotatable bonds is 6. The zero-order chi connectivity index (χ0) is 43.9. The van der Waals surface area contributed by atoms with E-state index >= 15 is 0 Å². The van der Waals surface area contributed by atoms with Crippen LogP contribution in [-0.2, 0) is 32.0 Å². The fourth-order valence-electron chi connectivity index (χ4n) is 8.44. The number of hydrogen-bond donors (Lipinski definition) is 4. The lowest BCUT2D eigenvalue weighted by Crippen LogP contribution is -2.46. The van der Waals surface area contributed by atoms with Gasteiger partial charge in [0.25, 0.3) is 0 Å². The number of nitrogen functional groups attached to an aromatic ring is 2. The first-order valence-corrected chi connectivity index (χ1v) is 21.3. The Balaban J connectivity index is 0.000000186. The van der Waals surface area contributed by atoms with Gasteiger partial charge in [-0.3, -0.25) is 29.1 Å². The fourth-order valence-corrected chi connectivity index (χ4v) is 8.44. The molecule has 2 saturated heterocycles. The van der Waals surface area contributed by atoms with Crippen LogP contribution in [0.3, 0.4) is 0 Å². The quantitative estimate of drug-likeness (QED) is 0.122. The van der Waals surface area contributed by atoms with Crippen LogP contribution < -0.4 is 22.1 Å². The Kier molecular flexibility index (Phi) is 13.3. The molecule has 0 aliphatic carbocycles. The zero-order valence-corrected chi connectivity index (χ0v) is 35.7.